The fourth-order valence-electron chi connectivity index (χ4n) is 9.47. The minimum absolute atomic E-state index is 0.595. The lowest BCUT2D eigenvalue weighted by Gasteiger charge is -2.61. The first kappa shape index (κ1) is 22.2. The van der Waals surface area contributed by atoms with E-state index in [-0.39, 0.29) is 0 Å². The first-order chi connectivity index (χ1) is 13.8. The summed E-state index contributed by atoms with van der Waals surface area (Å²) in [5.41, 5.74) is 1.22. The van der Waals surface area contributed by atoms with E-state index in [1.807, 2.05) is 0 Å². The van der Waals surface area contributed by atoms with Crippen molar-refractivity contribution in [1.29, 1.82) is 0 Å². The Labute approximate surface area is 182 Å². The molecular weight excluding hydrogens is 350 g/mol. The maximum absolute atomic E-state index is 4.09. The number of hydrogen-bond donors (Lipinski definition) is 1. The van der Waals surface area contributed by atoms with Gasteiger partial charge in [-0.05, 0) is 104 Å². The van der Waals surface area contributed by atoms with Gasteiger partial charge in [0.25, 0.3) is 0 Å². The normalized spacial score (nSPS) is 46.7. The van der Waals surface area contributed by atoms with Gasteiger partial charge in [0.15, 0.2) is 0 Å². The van der Waals surface area contributed by atoms with E-state index in [2.05, 4.69) is 46.9 Å². The molecular formula is C28H51N. The average Bonchev–Trinajstić information content (AvgIpc) is 3.05. The van der Waals surface area contributed by atoms with Crippen LogP contribution in [0.25, 0.3) is 0 Å². The van der Waals surface area contributed by atoms with Gasteiger partial charge in [0.05, 0.1) is 0 Å². The first-order valence-corrected chi connectivity index (χ1v) is 13.5. The van der Waals surface area contributed by atoms with Crippen molar-refractivity contribution in [3.63, 3.8) is 0 Å². The molecule has 4 fully saturated rings. The summed E-state index contributed by atoms with van der Waals surface area (Å²) in [5.74, 6) is 6.65. The summed E-state index contributed by atoms with van der Waals surface area (Å²) in [5, 5.41) is 4.09. The molecule has 3 saturated carbocycles. The van der Waals surface area contributed by atoms with E-state index in [4.69, 9.17) is 0 Å². The molecule has 29 heavy (non-hydrogen) atoms. The Hall–Kier alpha value is -0.0400. The number of fused-ring (bicyclic) bond motifs is 5. The topological polar surface area (TPSA) is 12.0 Å². The zero-order chi connectivity index (χ0) is 20.8. The molecule has 1 aliphatic heterocycles. The fraction of sp³-hybridized carbons (Fsp3) is 1.00. The fourth-order valence-corrected chi connectivity index (χ4v) is 9.47. The zero-order valence-electron chi connectivity index (χ0n) is 20.6. The van der Waals surface area contributed by atoms with Gasteiger partial charge in [0.2, 0.25) is 0 Å². The highest BCUT2D eigenvalue weighted by Gasteiger charge is 2.60. The van der Waals surface area contributed by atoms with Gasteiger partial charge in [-0.15, -0.1) is 0 Å². The highest BCUT2D eigenvalue weighted by Crippen LogP contribution is 2.65. The predicted octanol–water partition coefficient (Wildman–Crippen LogP) is 7.70. The lowest BCUT2D eigenvalue weighted by Crippen LogP contribution is -2.62. The molecule has 168 valence electrons. The molecule has 0 radical (unpaired) electrons. The Morgan fingerprint density at radius 2 is 1.62 bits per heavy atom. The Bertz CT molecular complexity index is 555. The molecule has 1 heteroatoms. The van der Waals surface area contributed by atoms with Crippen LogP contribution in [0.1, 0.15) is 112 Å². The van der Waals surface area contributed by atoms with E-state index in [1.54, 1.807) is 0 Å². The Morgan fingerprint density at radius 1 is 0.862 bits per heavy atom. The van der Waals surface area contributed by atoms with E-state index in [9.17, 15) is 0 Å². The van der Waals surface area contributed by atoms with Crippen LogP contribution >= 0.6 is 0 Å². The van der Waals surface area contributed by atoms with Crippen molar-refractivity contribution in [3.8, 4) is 0 Å². The molecule has 1 unspecified atom stereocenters. The zero-order valence-corrected chi connectivity index (χ0v) is 20.6. The third-order valence-corrected chi connectivity index (χ3v) is 11.4. The van der Waals surface area contributed by atoms with Crippen LogP contribution in [-0.4, -0.2) is 12.6 Å². The van der Waals surface area contributed by atoms with Crippen LogP contribution in [0.3, 0.4) is 0 Å². The molecule has 0 aromatic carbocycles. The van der Waals surface area contributed by atoms with Gasteiger partial charge in [0, 0.05) is 6.04 Å². The SMILES string of the molecule is CC[C@H](CC[C@@H](C)[C@H]1CC[C@H]2[C@@H]3CNC4CCCC[C@]4(C)[C@H]3CC[C@]12C)C(C)C. The molecule has 0 aromatic rings. The second-order valence-electron chi connectivity index (χ2n) is 12.8. The van der Waals surface area contributed by atoms with Gasteiger partial charge in [0.1, 0.15) is 0 Å². The lowest BCUT2D eigenvalue weighted by molar-refractivity contribution is -0.0957. The predicted molar refractivity (Wildman–Crippen MR) is 126 cm³/mol. The number of rotatable bonds is 6. The molecule has 1 heterocycles. The van der Waals surface area contributed by atoms with Crippen LogP contribution in [0.2, 0.25) is 0 Å². The van der Waals surface area contributed by atoms with Gasteiger partial charge in [-0.2, -0.15) is 0 Å². The summed E-state index contributed by atoms with van der Waals surface area (Å²) in [6.45, 7) is 16.6. The smallest absolute Gasteiger partial charge is 0.0124 e. The van der Waals surface area contributed by atoms with E-state index in [1.165, 1.54) is 77.2 Å². The minimum atomic E-state index is 0.595. The molecule has 1 N–H and O–H groups in total. The molecule has 1 nitrogen and oxygen atoms in total. The van der Waals surface area contributed by atoms with E-state index < -0.39 is 0 Å². The van der Waals surface area contributed by atoms with Crippen molar-refractivity contribution in [3.05, 3.63) is 0 Å². The van der Waals surface area contributed by atoms with Gasteiger partial charge in [-0.25, -0.2) is 0 Å². The van der Waals surface area contributed by atoms with Crippen LogP contribution in [0.15, 0.2) is 0 Å². The number of piperidine rings is 1. The summed E-state index contributed by atoms with van der Waals surface area (Å²) in [7, 11) is 0. The molecule has 0 bridgehead atoms. The Balaban J connectivity index is 1.45. The number of nitrogens with one attached hydrogen (secondary N) is 1. The average molecular weight is 402 g/mol. The second-order valence-corrected chi connectivity index (χ2v) is 12.8. The lowest BCUT2D eigenvalue weighted by atomic mass is 9.48. The van der Waals surface area contributed by atoms with E-state index in [0.29, 0.717) is 10.8 Å². The van der Waals surface area contributed by atoms with Crippen LogP contribution in [-0.2, 0) is 0 Å². The van der Waals surface area contributed by atoms with E-state index in [0.717, 1.165) is 47.5 Å². The maximum Gasteiger partial charge on any atom is 0.0124 e. The van der Waals surface area contributed by atoms with Crippen LogP contribution in [0, 0.1) is 52.3 Å². The highest BCUT2D eigenvalue weighted by molar-refractivity contribution is 5.11. The molecule has 1 saturated heterocycles. The van der Waals surface area contributed by atoms with Crippen LogP contribution < -0.4 is 5.32 Å². The second kappa shape index (κ2) is 8.48. The molecule has 0 spiro atoms. The molecule has 4 aliphatic rings. The van der Waals surface area contributed by atoms with Crippen LogP contribution in [0.4, 0.5) is 0 Å². The van der Waals surface area contributed by atoms with Gasteiger partial charge < -0.3 is 5.32 Å². The standard InChI is InChI=1S/C28H51N/c1-7-21(19(2)3)12-11-20(4)23-13-14-24-22-18-29-26-10-8-9-16-28(26,6)25(22)15-17-27(23,24)5/h19-26,29H,7-18H2,1-6H3/t20-,21-,22+,23-,24+,25+,26?,27-,28-/m1/s1. The maximum atomic E-state index is 4.09. The largest absolute Gasteiger partial charge is 0.313 e. The van der Waals surface area contributed by atoms with Crippen LogP contribution in [0.5, 0.6) is 0 Å². The van der Waals surface area contributed by atoms with Gasteiger partial charge in [-0.1, -0.05) is 67.2 Å². The Morgan fingerprint density at radius 3 is 2.34 bits per heavy atom. The summed E-state index contributed by atoms with van der Waals surface area (Å²) in [4.78, 5) is 0. The molecule has 0 amide bonds. The third kappa shape index (κ3) is 3.74. The van der Waals surface area contributed by atoms with Crippen molar-refractivity contribution in [1.82, 2.24) is 5.32 Å². The van der Waals surface area contributed by atoms with Crippen molar-refractivity contribution < 1.29 is 0 Å². The van der Waals surface area contributed by atoms with Crippen molar-refractivity contribution in [2.24, 2.45) is 52.3 Å². The Kier molecular flexibility index (Phi) is 6.48. The number of hydrogen-bond acceptors (Lipinski definition) is 1. The quantitative estimate of drug-likeness (QED) is 0.481. The monoisotopic (exact) mass is 401 g/mol. The third-order valence-electron chi connectivity index (χ3n) is 11.4. The molecule has 9 atom stereocenters. The molecule has 4 rings (SSSR count). The summed E-state index contributed by atoms with van der Waals surface area (Å²) in [6, 6.07) is 0.819. The highest BCUT2D eigenvalue weighted by atomic mass is 15.0. The van der Waals surface area contributed by atoms with Gasteiger partial charge >= 0.3 is 0 Å². The van der Waals surface area contributed by atoms with Crippen molar-refractivity contribution >= 4 is 0 Å². The van der Waals surface area contributed by atoms with Crippen molar-refractivity contribution in [2.75, 3.05) is 6.54 Å². The van der Waals surface area contributed by atoms with E-state index >= 15 is 0 Å². The van der Waals surface area contributed by atoms with Crippen molar-refractivity contribution in [2.45, 2.75) is 118 Å². The summed E-state index contributed by atoms with van der Waals surface area (Å²) < 4.78 is 0. The minimum Gasteiger partial charge on any atom is -0.313 e. The summed E-state index contributed by atoms with van der Waals surface area (Å²) >= 11 is 0. The molecule has 0 aromatic heterocycles. The molecule has 3 aliphatic carbocycles. The first-order valence-electron chi connectivity index (χ1n) is 13.5. The summed E-state index contributed by atoms with van der Waals surface area (Å²) in [6.07, 6.45) is 16.3. The van der Waals surface area contributed by atoms with Gasteiger partial charge in [-0.3, -0.25) is 0 Å².